The fraction of sp³-hybridized carbons (Fsp3) is 0.647. The molecule has 1 spiro atoms. The van der Waals surface area contributed by atoms with Gasteiger partial charge in [0, 0.05) is 15.9 Å². The smallest absolute Gasteiger partial charge is 0.162 e. The van der Waals surface area contributed by atoms with Crippen LogP contribution in [0, 0.1) is 5.41 Å². The van der Waals surface area contributed by atoms with Crippen molar-refractivity contribution in [3.8, 4) is 11.5 Å². The number of hydrogen-bond donors (Lipinski definition) is 1. The molecule has 21 heavy (non-hydrogen) atoms. The van der Waals surface area contributed by atoms with Gasteiger partial charge >= 0.3 is 0 Å². The van der Waals surface area contributed by atoms with E-state index in [0.717, 1.165) is 42.2 Å². The van der Waals surface area contributed by atoms with Crippen LogP contribution in [0.3, 0.4) is 0 Å². The first-order chi connectivity index (χ1) is 10.2. The molecule has 2 aliphatic heterocycles. The molecule has 1 N–H and O–H groups in total. The summed E-state index contributed by atoms with van der Waals surface area (Å²) in [6.45, 7) is 2.76. The zero-order valence-corrected chi connectivity index (χ0v) is 13.9. The molecule has 1 saturated heterocycles. The Hall–Kier alpha value is -0.740. The molecule has 1 atom stereocenters. The molecule has 3 aliphatic rings. The van der Waals surface area contributed by atoms with Gasteiger partial charge in [0.2, 0.25) is 0 Å². The molecule has 2 fully saturated rings. The average Bonchev–Trinajstić information content (AvgIpc) is 3.29. The van der Waals surface area contributed by atoms with E-state index in [1.54, 1.807) is 0 Å². The standard InChI is InChI=1S/C17H22BrNO2/c18-14-9-16-15(20-10-17(4-5-17)11-21-16)8-12(14)7-13-3-1-2-6-19-13/h8-9,13,19H,1-7,10-11H2. The van der Waals surface area contributed by atoms with E-state index >= 15 is 0 Å². The zero-order chi connectivity index (χ0) is 14.3. The predicted molar refractivity (Wildman–Crippen MR) is 86.1 cm³/mol. The Balaban J connectivity index is 1.54. The highest BCUT2D eigenvalue weighted by molar-refractivity contribution is 9.10. The lowest BCUT2D eigenvalue weighted by Gasteiger charge is -2.24. The van der Waals surface area contributed by atoms with Crippen LogP contribution in [0.25, 0.3) is 0 Å². The minimum Gasteiger partial charge on any atom is -0.489 e. The summed E-state index contributed by atoms with van der Waals surface area (Å²) in [5.41, 5.74) is 1.62. The number of hydrogen-bond acceptors (Lipinski definition) is 3. The molecule has 4 heteroatoms. The first-order valence-electron chi connectivity index (χ1n) is 8.06. The minimum absolute atomic E-state index is 0.302. The second-order valence-corrected chi connectivity index (χ2v) is 7.67. The highest BCUT2D eigenvalue weighted by Crippen LogP contribution is 2.49. The van der Waals surface area contributed by atoms with Gasteiger partial charge in [0.15, 0.2) is 11.5 Å². The average molecular weight is 352 g/mol. The molecule has 4 rings (SSSR count). The van der Waals surface area contributed by atoms with Crippen LogP contribution in [0.1, 0.15) is 37.7 Å². The Labute approximate surface area is 134 Å². The van der Waals surface area contributed by atoms with Crippen LogP contribution in [0.5, 0.6) is 11.5 Å². The van der Waals surface area contributed by atoms with E-state index in [2.05, 4.69) is 33.4 Å². The topological polar surface area (TPSA) is 30.5 Å². The van der Waals surface area contributed by atoms with Crippen LogP contribution in [-0.2, 0) is 6.42 Å². The molecule has 2 heterocycles. The second-order valence-electron chi connectivity index (χ2n) is 6.82. The molecule has 114 valence electrons. The number of fused-ring (bicyclic) bond motifs is 1. The number of rotatable bonds is 2. The Bertz CT molecular complexity index is 536. The maximum atomic E-state index is 6.04. The SMILES string of the molecule is Brc1cc2c(cc1CC1CCCCN1)OCC1(CC1)CO2. The molecular weight excluding hydrogens is 330 g/mol. The summed E-state index contributed by atoms with van der Waals surface area (Å²) in [5.74, 6) is 1.82. The van der Waals surface area contributed by atoms with E-state index in [1.165, 1.54) is 37.7 Å². The third-order valence-corrected chi connectivity index (χ3v) is 5.75. The molecule has 0 radical (unpaired) electrons. The molecule has 0 aromatic heterocycles. The third-order valence-electron chi connectivity index (χ3n) is 5.02. The van der Waals surface area contributed by atoms with Gasteiger partial charge in [-0.05, 0) is 56.3 Å². The summed E-state index contributed by atoms with van der Waals surface area (Å²) in [7, 11) is 0. The van der Waals surface area contributed by atoms with E-state index in [1.807, 2.05) is 0 Å². The lowest BCUT2D eigenvalue weighted by Crippen LogP contribution is -2.35. The van der Waals surface area contributed by atoms with Crippen molar-refractivity contribution in [2.75, 3.05) is 19.8 Å². The van der Waals surface area contributed by atoms with Crippen LogP contribution in [-0.4, -0.2) is 25.8 Å². The number of piperidine rings is 1. The maximum Gasteiger partial charge on any atom is 0.162 e. The van der Waals surface area contributed by atoms with Crippen molar-refractivity contribution < 1.29 is 9.47 Å². The van der Waals surface area contributed by atoms with Gasteiger partial charge in [-0.2, -0.15) is 0 Å². The largest absolute Gasteiger partial charge is 0.489 e. The first kappa shape index (κ1) is 13.9. The fourth-order valence-electron chi connectivity index (χ4n) is 3.29. The lowest BCUT2D eigenvalue weighted by atomic mass is 9.97. The second kappa shape index (κ2) is 5.47. The van der Waals surface area contributed by atoms with E-state index in [-0.39, 0.29) is 0 Å². The zero-order valence-electron chi connectivity index (χ0n) is 12.3. The molecule has 3 nitrogen and oxygen atoms in total. The number of benzene rings is 1. The Kier molecular flexibility index (Phi) is 3.62. The highest BCUT2D eigenvalue weighted by atomic mass is 79.9. The predicted octanol–water partition coefficient (Wildman–Crippen LogP) is 3.69. The highest BCUT2D eigenvalue weighted by Gasteiger charge is 2.46. The van der Waals surface area contributed by atoms with Crippen LogP contribution in [0.4, 0.5) is 0 Å². The van der Waals surface area contributed by atoms with E-state index in [9.17, 15) is 0 Å². The van der Waals surface area contributed by atoms with Crippen molar-refractivity contribution in [2.24, 2.45) is 5.41 Å². The van der Waals surface area contributed by atoms with Crippen LogP contribution >= 0.6 is 15.9 Å². The van der Waals surface area contributed by atoms with Crippen molar-refractivity contribution in [1.29, 1.82) is 0 Å². The van der Waals surface area contributed by atoms with Gasteiger partial charge in [-0.3, -0.25) is 0 Å². The summed E-state index contributed by atoms with van der Waals surface area (Å²) in [6.07, 6.45) is 7.44. The van der Waals surface area contributed by atoms with Crippen molar-refractivity contribution in [3.63, 3.8) is 0 Å². The first-order valence-corrected chi connectivity index (χ1v) is 8.85. The number of ether oxygens (including phenoxy) is 2. The van der Waals surface area contributed by atoms with Gasteiger partial charge in [0.05, 0.1) is 13.2 Å². The van der Waals surface area contributed by atoms with Crippen LogP contribution in [0.15, 0.2) is 16.6 Å². The van der Waals surface area contributed by atoms with E-state index in [4.69, 9.17) is 9.47 Å². The summed E-state index contributed by atoms with van der Waals surface area (Å²) >= 11 is 3.71. The van der Waals surface area contributed by atoms with Crippen molar-refractivity contribution >= 4 is 15.9 Å². The minimum atomic E-state index is 0.302. The Morgan fingerprint density at radius 1 is 1.14 bits per heavy atom. The Morgan fingerprint density at radius 2 is 1.90 bits per heavy atom. The summed E-state index contributed by atoms with van der Waals surface area (Å²) < 4.78 is 13.2. The molecule has 0 amide bonds. The van der Waals surface area contributed by atoms with E-state index in [0.29, 0.717) is 11.5 Å². The third kappa shape index (κ3) is 2.93. The molecule has 1 aromatic carbocycles. The van der Waals surface area contributed by atoms with Gasteiger partial charge in [0.1, 0.15) is 0 Å². The van der Waals surface area contributed by atoms with Crippen LogP contribution < -0.4 is 14.8 Å². The summed E-state index contributed by atoms with van der Waals surface area (Å²) in [6, 6.07) is 4.86. The van der Waals surface area contributed by atoms with Gasteiger partial charge in [-0.1, -0.05) is 22.4 Å². The molecule has 1 aromatic rings. The Morgan fingerprint density at radius 3 is 2.57 bits per heavy atom. The number of halogens is 1. The molecular formula is C17H22BrNO2. The molecule has 1 unspecified atom stereocenters. The van der Waals surface area contributed by atoms with Gasteiger partial charge in [0.25, 0.3) is 0 Å². The van der Waals surface area contributed by atoms with Crippen molar-refractivity contribution in [3.05, 3.63) is 22.2 Å². The molecule has 1 saturated carbocycles. The lowest BCUT2D eigenvalue weighted by molar-refractivity contribution is 0.197. The monoisotopic (exact) mass is 351 g/mol. The maximum absolute atomic E-state index is 6.04. The fourth-order valence-corrected chi connectivity index (χ4v) is 3.78. The van der Waals surface area contributed by atoms with E-state index < -0.39 is 0 Å². The van der Waals surface area contributed by atoms with Gasteiger partial charge in [-0.15, -0.1) is 0 Å². The molecule has 0 bridgehead atoms. The quantitative estimate of drug-likeness (QED) is 0.881. The normalized spacial score (nSPS) is 26.4. The van der Waals surface area contributed by atoms with Gasteiger partial charge in [-0.25, -0.2) is 0 Å². The van der Waals surface area contributed by atoms with Crippen LogP contribution in [0.2, 0.25) is 0 Å². The summed E-state index contributed by atoms with van der Waals surface area (Å²) in [5, 5.41) is 3.62. The summed E-state index contributed by atoms with van der Waals surface area (Å²) in [4.78, 5) is 0. The van der Waals surface area contributed by atoms with Gasteiger partial charge < -0.3 is 14.8 Å². The van der Waals surface area contributed by atoms with Crippen molar-refractivity contribution in [2.45, 2.75) is 44.6 Å². The number of nitrogens with one attached hydrogen (secondary N) is 1. The van der Waals surface area contributed by atoms with Crippen molar-refractivity contribution in [1.82, 2.24) is 5.32 Å². The molecule has 1 aliphatic carbocycles.